The molecule has 0 radical (unpaired) electrons. The first kappa shape index (κ1) is 13.6. The molecule has 1 aromatic carbocycles. The van der Waals surface area contributed by atoms with E-state index in [1.807, 2.05) is 13.0 Å². The first-order valence-corrected chi connectivity index (χ1v) is 6.65. The second-order valence-corrected chi connectivity index (χ2v) is 5.48. The van der Waals surface area contributed by atoms with Gasteiger partial charge in [0.2, 0.25) is 0 Å². The first-order chi connectivity index (χ1) is 9.08. The summed E-state index contributed by atoms with van der Waals surface area (Å²) in [6, 6.07) is 10.3. The largest absolute Gasteiger partial charge is 0.478 e. The number of nitrogens with zero attached hydrogens (tertiary/aromatic N) is 1. The number of thiophene rings is 1. The Balaban J connectivity index is 2.20. The molecule has 2 aromatic rings. The number of nitrogens with one attached hydrogen (secondary N) is 1. The minimum absolute atomic E-state index is 0.184. The van der Waals surface area contributed by atoms with Crippen LogP contribution in [0, 0.1) is 0 Å². The lowest BCUT2D eigenvalue weighted by atomic mass is 10.2. The SMILES string of the molecule is CC(=NNc1ccccc1C(=O)O)c1ccc(Cl)s1. The van der Waals surface area contributed by atoms with Crippen molar-refractivity contribution in [2.24, 2.45) is 5.10 Å². The van der Waals surface area contributed by atoms with E-state index < -0.39 is 5.97 Å². The highest BCUT2D eigenvalue weighted by Crippen LogP contribution is 2.22. The standard InChI is InChI=1S/C13H11ClN2O2S/c1-8(11-6-7-12(14)19-11)15-16-10-5-3-2-4-9(10)13(17)18/h2-7,16H,1H3,(H,17,18). The summed E-state index contributed by atoms with van der Waals surface area (Å²) < 4.78 is 0.690. The van der Waals surface area contributed by atoms with E-state index in [0.29, 0.717) is 10.0 Å². The molecule has 1 aromatic heterocycles. The zero-order chi connectivity index (χ0) is 13.8. The van der Waals surface area contributed by atoms with Crippen LogP contribution in [-0.2, 0) is 0 Å². The Morgan fingerprint density at radius 2 is 2.05 bits per heavy atom. The number of hydrogen-bond donors (Lipinski definition) is 2. The number of rotatable bonds is 4. The maximum absolute atomic E-state index is 11.0. The van der Waals surface area contributed by atoms with Crippen LogP contribution in [0.15, 0.2) is 41.5 Å². The van der Waals surface area contributed by atoms with Crippen LogP contribution in [0.1, 0.15) is 22.2 Å². The molecular weight excluding hydrogens is 284 g/mol. The van der Waals surface area contributed by atoms with Crippen molar-refractivity contribution in [2.75, 3.05) is 5.43 Å². The summed E-state index contributed by atoms with van der Waals surface area (Å²) in [6.07, 6.45) is 0. The van der Waals surface area contributed by atoms with Crippen molar-refractivity contribution in [2.45, 2.75) is 6.92 Å². The number of carboxylic acid groups (broad SMARTS) is 1. The van der Waals surface area contributed by atoms with Crippen molar-refractivity contribution in [3.63, 3.8) is 0 Å². The Kier molecular flexibility index (Phi) is 4.19. The molecule has 2 N–H and O–H groups in total. The normalized spacial score (nSPS) is 11.4. The van der Waals surface area contributed by atoms with Crippen LogP contribution >= 0.6 is 22.9 Å². The number of carboxylic acids is 1. The zero-order valence-corrected chi connectivity index (χ0v) is 11.6. The van der Waals surface area contributed by atoms with Gasteiger partial charge in [0.15, 0.2) is 0 Å². The molecule has 0 aliphatic rings. The molecule has 0 aliphatic carbocycles. The van der Waals surface area contributed by atoms with Crippen molar-refractivity contribution in [1.82, 2.24) is 0 Å². The summed E-state index contributed by atoms with van der Waals surface area (Å²) in [7, 11) is 0. The van der Waals surface area contributed by atoms with E-state index in [1.54, 1.807) is 24.3 Å². The third-order valence-corrected chi connectivity index (χ3v) is 3.77. The molecule has 98 valence electrons. The van der Waals surface area contributed by atoms with Gasteiger partial charge in [-0.2, -0.15) is 5.10 Å². The Morgan fingerprint density at radius 3 is 2.68 bits per heavy atom. The van der Waals surface area contributed by atoms with Gasteiger partial charge in [0, 0.05) is 0 Å². The maximum Gasteiger partial charge on any atom is 0.337 e. The summed E-state index contributed by atoms with van der Waals surface area (Å²) in [5.41, 5.74) is 4.16. The van der Waals surface area contributed by atoms with Gasteiger partial charge >= 0.3 is 5.97 Å². The van der Waals surface area contributed by atoms with Crippen molar-refractivity contribution in [1.29, 1.82) is 0 Å². The predicted molar refractivity (Wildman–Crippen MR) is 78.6 cm³/mol. The van der Waals surface area contributed by atoms with Gasteiger partial charge in [-0.3, -0.25) is 5.43 Å². The second kappa shape index (κ2) is 5.86. The van der Waals surface area contributed by atoms with Crippen molar-refractivity contribution in [3.8, 4) is 0 Å². The van der Waals surface area contributed by atoms with Gasteiger partial charge in [-0.25, -0.2) is 4.79 Å². The highest BCUT2D eigenvalue weighted by Gasteiger charge is 2.08. The van der Waals surface area contributed by atoms with Crippen molar-refractivity contribution in [3.05, 3.63) is 51.2 Å². The average molecular weight is 295 g/mol. The highest BCUT2D eigenvalue weighted by atomic mass is 35.5. The molecular formula is C13H11ClN2O2S. The van der Waals surface area contributed by atoms with Gasteiger partial charge in [-0.1, -0.05) is 23.7 Å². The minimum Gasteiger partial charge on any atom is -0.478 e. The maximum atomic E-state index is 11.0. The van der Waals surface area contributed by atoms with Crippen molar-refractivity contribution < 1.29 is 9.90 Å². The molecule has 0 aliphatic heterocycles. The number of hydrogen-bond acceptors (Lipinski definition) is 4. The number of aromatic carboxylic acids is 1. The van der Waals surface area contributed by atoms with E-state index in [-0.39, 0.29) is 5.56 Å². The van der Waals surface area contributed by atoms with E-state index in [9.17, 15) is 4.79 Å². The van der Waals surface area contributed by atoms with Crippen LogP contribution in [0.5, 0.6) is 0 Å². The average Bonchev–Trinajstić information content (AvgIpc) is 2.83. The van der Waals surface area contributed by atoms with E-state index in [1.165, 1.54) is 17.4 Å². The molecule has 6 heteroatoms. The fraction of sp³-hybridized carbons (Fsp3) is 0.0769. The van der Waals surface area contributed by atoms with Gasteiger partial charge in [0.25, 0.3) is 0 Å². The molecule has 0 saturated heterocycles. The monoisotopic (exact) mass is 294 g/mol. The summed E-state index contributed by atoms with van der Waals surface area (Å²) in [5, 5.41) is 13.2. The molecule has 0 spiro atoms. The fourth-order valence-corrected chi connectivity index (χ4v) is 2.46. The van der Waals surface area contributed by atoms with E-state index in [0.717, 1.165) is 10.6 Å². The Hall–Kier alpha value is -1.85. The molecule has 1 heterocycles. The van der Waals surface area contributed by atoms with Crippen LogP contribution in [0.25, 0.3) is 0 Å². The number of benzene rings is 1. The van der Waals surface area contributed by atoms with Crippen LogP contribution < -0.4 is 5.43 Å². The lowest BCUT2D eigenvalue weighted by Crippen LogP contribution is -2.04. The number of hydrazone groups is 1. The predicted octanol–water partition coefficient (Wildman–Crippen LogP) is 3.94. The Labute approximate surface area is 119 Å². The topological polar surface area (TPSA) is 61.7 Å². The van der Waals surface area contributed by atoms with Gasteiger partial charge in [-0.15, -0.1) is 11.3 Å². The number of halogens is 1. The second-order valence-electron chi connectivity index (χ2n) is 3.76. The fourth-order valence-electron chi connectivity index (χ4n) is 1.48. The van der Waals surface area contributed by atoms with Crippen LogP contribution in [0.3, 0.4) is 0 Å². The first-order valence-electron chi connectivity index (χ1n) is 5.46. The molecule has 2 rings (SSSR count). The summed E-state index contributed by atoms with van der Waals surface area (Å²) in [5.74, 6) is -0.991. The molecule has 4 nitrogen and oxygen atoms in total. The van der Waals surface area contributed by atoms with Crippen LogP contribution in [-0.4, -0.2) is 16.8 Å². The molecule has 0 atom stereocenters. The van der Waals surface area contributed by atoms with Crippen molar-refractivity contribution >= 4 is 40.3 Å². The number of para-hydroxylation sites is 1. The lowest BCUT2D eigenvalue weighted by molar-refractivity contribution is 0.0698. The smallest absolute Gasteiger partial charge is 0.337 e. The van der Waals surface area contributed by atoms with Gasteiger partial charge < -0.3 is 5.11 Å². The molecule has 19 heavy (non-hydrogen) atoms. The third-order valence-electron chi connectivity index (χ3n) is 2.43. The minimum atomic E-state index is -0.991. The van der Waals surface area contributed by atoms with Gasteiger partial charge in [0.05, 0.1) is 26.2 Å². The van der Waals surface area contributed by atoms with Gasteiger partial charge in [0.1, 0.15) is 0 Å². The van der Waals surface area contributed by atoms with Crippen LogP contribution in [0.2, 0.25) is 4.34 Å². The van der Waals surface area contributed by atoms with E-state index in [4.69, 9.17) is 16.7 Å². The summed E-state index contributed by atoms with van der Waals surface area (Å²) >= 11 is 7.27. The quantitative estimate of drug-likeness (QED) is 0.663. The zero-order valence-electron chi connectivity index (χ0n) is 10.1. The summed E-state index contributed by atoms with van der Waals surface area (Å²) in [6.45, 7) is 1.83. The lowest BCUT2D eigenvalue weighted by Gasteiger charge is -2.05. The Morgan fingerprint density at radius 1 is 1.32 bits per heavy atom. The molecule has 0 fully saturated rings. The number of carbonyl (C=O) groups is 1. The Bertz CT molecular complexity index is 637. The van der Waals surface area contributed by atoms with Crippen LogP contribution in [0.4, 0.5) is 5.69 Å². The number of anilines is 1. The van der Waals surface area contributed by atoms with E-state index >= 15 is 0 Å². The molecule has 0 unspecified atom stereocenters. The molecule has 0 amide bonds. The van der Waals surface area contributed by atoms with Gasteiger partial charge in [-0.05, 0) is 31.2 Å². The highest BCUT2D eigenvalue weighted by molar-refractivity contribution is 7.18. The molecule has 0 bridgehead atoms. The summed E-state index contributed by atoms with van der Waals surface area (Å²) in [4.78, 5) is 12.0. The van der Waals surface area contributed by atoms with E-state index in [2.05, 4.69) is 10.5 Å². The third kappa shape index (κ3) is 3.33. The molecule has 0 saturated carbocycles.